The molecule has 2 aromatic rings. The number of rotatable bonds is 5. The first-order chi connectivity index (χ1) is 9.44. The van der Waals surface area contributed by atoms with E-state index in [9.17, 15) is 8.42 Å². The zero-order chi connectivity index (χ0) is 14.8. The van der Waals surface area contributed by atoms with E-state index in [1.165, 1.54) is 0 Å². The Balaban J connectivity index is 2.17. The normalized spacial score (nSPS) is 11.8. The van der Waals surface area contributed by atoms with Crippen LogP contribution in [0.5, 0.6) is 0 Å². The summed E-state index contributed by atoms with van der Waals surface area (Å²) in [5.41, 5.74) is 2.82. The molecule has 0 amide bonds. The molecular formula is C13H16ClN3O2S. The summed E-state index contributed by atoms with van der Waals surface area (Å²) in [6.07, 6.45) is 0. The maximum atomic E-state index is 12.3. The molecule has 0 spiro atoms. The van der Waals surface area contributed by atoms with Gasteiger partial charge in [0.2, 0.25) is 10.0 Å². The summed E-state index contributed by atoms with van der Waals surface area (Å²) in [4.78, 5) is 0.214. The minimum atomic E-state index is -3.57. The van der Waals surface area contributed by atoms with E-state index in [0.717, 1.165) is 11.1 Å². The number of hydrogen-bond acceptors (Lipinski definition) is 3. The molecule has 0 bridgehead atoms. The van der Waals surface area contributed by atoms with Gasteiger partial charge in [0.15, 0.2) is 0 Å². The number of aromatic nitrogens is 2. The van der Waals surface area contributed by atoms with Gasteiger partial charge in [0.05, 0.1) is 11.4 Å². The van der Waals surface area contributed by atoms with Crippen molar-refractivity contribution in [2.45, 2.75) is 31.2 Å². The minimum Gasteiger partial charge on any atom is -0.281 e. The van der Waals surface area contributed by atoms with Crippen molar-refractivity contribution in [1.82, 2.24) is 14.9 Å². The van der Waals surface area contributed by atoms with E-state index in [4.69, 9.17) is 11.6 Å². The molecule has 0 radical (unpaired) electrons. The molecule has 20 heavy (non-hydrogen) atoms. The number of aromatic amines is 1. The number of nitrogens with one attached hydrogen (secondary N) is 2. The van der Waals surface area contributed by atoms with Crippen molar-refractivity contribution in [1.29, 1.82) is 0 Å². The topological polar surface area (TPSA) is 74.8 Å². The lowest BCUT2D eigenvalue weighted by atomic mass is 10.1. The van der Waals surface area contributed by atoms with Crippen molar-refractivity contribution < 1.29 is 8.42 Å². The highest BCUT2D eigenvalue weighted by Gasteiger charge is 2.21. The van der Waals surface area contributed by atoms with Crippen LogP contribution in [0.4, 0.5) is 0 Å². The number of nitrogens with zero attached hydrogens (tertiary/aromatic N) is 1. The molecule has 108 valence electrons. The third kappa shape index (κ3) is 3.20. The summed E-state index contributed by atoms with van der Waals surface area (Å²) in [6.45, 7) is 3.56. The molecule has 0 fully saturated rings. The molecule has 2 N–H and O–H groups in total. The monoisotopic (exact) mass is 313 g/mol. The number of alkyl halides is 1. The van der Waals surface area contributed by atoms with Gasteiger partial charge in [0.1, 0.15) is 4.90 Å². The molecule has 0 saturated carbocycles. The van der Waals surface area contributed by atoms with Crippen molar-refractivity contribution in [3.8, 4) is 0 Å². The van der Waals surface area contributed by atoms with Crippen LogP contribution in [0.15, 0.2) is 29.2 Å². The molecule has 0 aliphatic rings. The van der Waals surface area contributed by atoms with Gasteiger partial charge in [-0.15, -0.1) is 11.6 Å². The molecule has 0 saturated heterocycles. The summed E-state index contributed by atoms with van der Waals surface area (Å²) in [5, 5.41) is 6.58. The van der Waals surface area contributed by atoms with E-state index in [1.807, 2.05) is 24.3 Å². The summed E-state index contributed by atoms with van der Waals surface area (Å²) in [7, 11) is -3.57. The molecule has 1 aromatic heterocycles. The van der Waals surface area contributed by atoms with E-state index < -0.39 is 10.0 Å². The number of aryl methyl sites for hydroxylation is 2. The van der Waals surface area contributed by atoms with Gasteiger partial charge in [-0.2, -0.15) is 5.10 Å². The Morgan fingerprint density at radius 3 is 2.60 bits per heavy atom. The quantitative estimate of drug-likeness (QED) is 0.831. The smallest absolute Gasteiger partial charge is 0.244 e. The summed E-state index contributed by atoms with van der Waals surface area (Å²) >= 11 is 5.76. The second kappa shape index (κ2) is 5.95. The van der Waals surface area contributed by atoms with E-state index in [-0.39, 0.29) is 11.4 Å². The van der Waals surface area contributed by atoms with Crippen LogP contribution in [0.25, 0.3) is 0 Å². The number of hydrogen-bond donors (Lipinski definition) is 2. The molecule has 2 rings (SSSR count). The van der Waals surface area contributed by atoms with Gasteiger partial charge in [0.25, 0.3) is 0 Å². The van der Waals surface area contributed by atoms with Crippen molar-refractivity contribution >= 4 is 21.6 Å². The highest BCUT2D eigenvalue weighted by molar-refractivity contribution is 7.89. The Hall–Kier alpha value is -1.37. The van der Waals surface area contributed by atoms with E-state index in [2.05, 4.69) is 14.9 Å². The first kappa shape index (κ1) is 15.0. The maximum Gasteiger partial charge on any atom is 0.244 e. The first-order valence-electron chi connectivity index (χ1n) is 6.09. The van der Waals surface area contributed by atoms with Crippen LogP contribution in [0.1, 0.15) is 22.5 Å². The number of sulfonamides is 1. The van der Waals surface area contributed by atoms with Gasteiger partial charge in [-0.05, 0) is 25.0 Å². The van der Waals surface area contributed by atoms with Crippen molar-refractivity contribution in [2.24, 2.45) is 0 Å². The van der Waals surface area contributed by atoms with Gasteiger partial charge in [-0.3, -0.25) is 5.10 Å². The van der Waals surface area contributed by atoms with E-state index >= 15 is 0 Å². The predicted molar refractivity (Wildman–Crippen MR) is 78.1 cm³/mol. The zero-order valence-corrected chi connectivity index (χ0v) is 12.8. The Morgan fingerprint density at radius 2 is 2.00 bits per heavy atom. The fraction of sp³-hybridized carbons (Fsp3) is 0.308. The largest absolute Gasteiger partial charge is 0.281 e. The van der Waals surface area contributed by atoms with Gasteiger partial charge >= 0.3 is 0 Å². The lowest BCUT2D eigenvalue weighted by molar-refractivity contribution is 0.580. The fourth-order valence-corrected chi connectivity index (χ4v) is 3.56. The van der Waals surface area contributed by atoms with Gasteiger partial charge in [-0.1, -0.05) is 24.3 Å². The number of halogens is 1. The second-order valence-corrected chi connectivity index (χ2v) is 6.51. The summed E-state index contributed by atoms with van der Waals surface area (Å²) in [5.74, 6) is 0.403. The molecule has 7 heteroatoms. The lowest BCUT2D eigenvalue weighted by Crippen LogP contribution is -2.24. The minimum absolute atomic E-state index is 0.214. The average Bonchev–Trinajstić information content (AvgIpc) is 2.77. The Kier molecular flexibility index (Phi) is 4.47. The first-order valence-corrected chi connectivity index (χ1v) is 8.11. The SMILES string of the molecule is Cc1n[nH]c(C)c1S(=O)(=O)NCc1cccc(CCl)c1. The third-order valence-electron chi connectivity index (χ3n) is 2.94. The molecule has 0 aliphatic heterocycles. The van der Waals surface area contributed by atoms with Crippen molar-refractivity contribution in [3.05, 3.63) is 46.8 Å². The lowest BCUT2D eigenvalue weighted by Gasteiger charge is -2.08. The van der Waals surface area contributed by atoms with Gasteiger partial charge < -0.3 is 0 Å². The van der Waals surface area contributed by atoms with Gasteiger partial charge in [-0.25, -0.2) is 13.1 Å². The van der Waals surface area contributed by atoms with Crippen LogP contribution in [0, 0.1) is 13.8 Å². The van der Waals surface area contributed by atoms with Crippen LogP contribution in [-0.2, 0) is 22.4 Å². The molecular weight excluding hydrogens is 298 g/mol. The average molecular weight is 314 g/mol. The van der Waals surface area contributed by atoms with E-state index in [0.29, 0.717) is 17.3 Å². The van der Waals surface area contributed by atoms with Crippen LogP contribution in [0.3, 0.4) is 0 Å². The second-order valence-electron chi connectivity index (χ2n) is 4.54. The van der Waals surface area contributed by atoms with Gasteiger partial charge in [0, 0.05) is 12.4 Å². The summed E-state index contributed by atoms with van der Waals surface area (Å²) in [6, 6.07) is 7.49. The number of H-pyrrole nitrogens is 1. The molecule has 5 nitrogen and oxygen atoms in total. The maximum absolute atomic E-state index is 12.3. The van der Waals surface area contributed by atoms with E-state index in [1.54, 1.807) is 13.8 Å². The Morgan fingerprint density at radius 1 is 1.30 bits per heavy atom. The van der Waals surface area contributed by atoms with Crippen LogP contribution >= 0.6 is 11.6 Å². The van der Waals surface area contributed by atoms with Crippen LogP contribution in [-0.4, -0.2) is 18.6 Å². The Bertz CT molecular complexity index is 691. The highest BCUT2D eigenvalue weighted by Crippen LogP contribution is 2.17. The fourth-order valence-electron chi connectivity index (χ4n) is 2.01. The molecule has 0 atom stereocenters. The number of benzene rings is 1. The molecule has 0 aliphatic carbocycles. The van der Waals surface area contributed by atoms with Crippen molar-refractivity contribution in [3.63, 3.8) is 0 Å². The molecule has 1 aromatic carbocycles. The standard InChI is InChI=1S/C13H16ClN3O2S/c1-9-13(10(2)17-16-9)20(18,19)15-8-12-5-3-4-11(6-12)7-14/h3-6,15H,7-8H2,1-2H3,(H,16,17). The molecule has 1 heterocycles. The van der Waals surface area contributed by atoms with Crippen LogP contribution < -0.4 is 4.72 Å². The van der Waals surface area contributed by atoms with Crippen LogP contribution in [0.2, 0.25) is 0 Å². The Labute approximate surface area is 123 Å². The summed E-state index contributed by atoms with van der Waals surface area (Å²) < 4.78 is 27.1. The molecule has 0 unspecified atom stereocenters. The van der Waals surface area contributed by atoms with Crippen molar-refractivity contribution in [2.75, 3.05) is 0 Å². The zero-order valence-electron chi connectivity index (χ0n) is 11.3. The highest BCUT2D eigenvalue weighted by atomic mass is 35.5. The predicted octanol–water partition coefficient (Wildman–Crippen LogP) is 2.24. The third-order valence-corrected chi connectivity index (χ3v) is 4.91.